The van der Waals surface area contributed by atoms with Gasteiger partial charge in [-0.15, -0.1) is 12.4 Å². The normalized spacial score (nSPS) is 10.1. The van der Waals surface area contributed by atoms with Gasteiger partial charge in [0.15, 0.2) is 5.75 Å². The number of H-pyrrole nitrogens is 1. The van der Waals surface area contributed by atoms with Crippen molar-refractivity contribution in [3.05, 3.63) is 64.2 Å². The van der Waals surface area contributed by atoms with Crippen LogP contribution in [0.1, 0.15) is 5.56 Å². The number of nitriles is 1. The predicted molar refractivity (Wildman–Crippen MR) is 96.5 cm³/mol. The van der Waals surface area contributed by atoms with E-state index in [2.05, 4.69) is 4.98 Å². The van der Waals surface area contributed by atoms with Crippen LogP contribution in [0.15, 0.2) is 47.3 Å². The highest BCUT2D eigenvalue weighted by molar-refractivity contribution is 5.93. The molecule has 128 valence electrons. The van der Waals surface area contributed by atoms with Crippen molar-refractivity contribution in [2.24, 2.45) is 5.73 Å². The van der Waals surface area contributed by atoms with Gasteiger partial charge in [0.2, 0.25) is 0 Å². The summed E-state index contributed by atoms with van der Waals surface area (Å²) >= 11 is 0. The Balaban J connectivity index is 0.00000225. The van der Waals surface area contributed by atoms with Gasteiger partial charge in [-0.25, -0.2) is 4.39 Å². The van der Waals surface area contributed by atoms with Crippen LogP contribution in [0.2, 0.25) is 0 Å². The molecule has 5 nitrogen and oxygen atoms in total. The Kier molecular flexibility index (Phi) is 5.75. The number of aromatic nitrogens is 1. The average molecular weight is 360 g/mol. The summed E-state index contributed by atoms with van der Waals surface area (Å²) < 4.78 is 19.2. The molecule has 2 aromatic carbocycles. The smallest absolute Gasteiger partial charge is 0.256 e. The maximum absolute atomic E-state index is 13.5. The molecule has 0 unspecified atom stereocenters. The summed E-state index contributed by atoms with van der Waals surface area (Å²) in [7, 11) is 0. The topological polar surface area (TPSA) is 91.9 Å². The molecule has 0 spiro atoms. The van der Waals surface area contributed by atoms with Gasteiger partial charge in [0.1, 0.15) is 12.4 Å². The minimum absolute atomic E-state index is 0. The molecule has 0 radical (unpaired) electrons. The van der Waals surface area contributed by atoms with Crippen molar-refractivity contribution in [1.29, 1.82) is 5.26 Å². The summed E-state index contributed by atoms with van der Waals surface area (Å²) in [6, 6.07) is 12.7. The Labute approximate surface area is 149 Å². The summed E-state index contributed by atoms with van der Waals surface area (Å²) in [5.74, 6) is -0.0661. The van der Waals surface area contributed by atoms with Crippen LogP contribution in [0.5, 0.6) is 5.75 Å². The van der Waals surface area contributed by atoms with Crippen molar-refractivity contribution in [1.82, 2.24) is 4.98 Å². The van der Waals surface area contributed by atoms with Crippen molar-refractivity contribution in [3.63, 3.8) is 0 Å². The molecule has 0 bridgehead atoms. The van der Waals surface area contributed by atoms with Crippen molar-refractivity contribution in [2.75, 3.05) is 13.2 Å². The molecule has 0 atom stereocenters. The van der Waals surface area contributed by atoms with E-state index in [4.69, 9.17) is 15.7 Å². The van der Waals surface area contributed by atoms with E-state index in [1.807, 2.05) is 6.07 Å². The van der Waals surface area contributed by atoms with Crippen LogP contribution in [0.3, 0.4) is 0 Å². The molecule has 1 heterocycles. The standard InChI is InChI=1S/C18H14FN3O2.ClH/c19-13-5-6-14-15(9-13)18(23)22-16(17(14)24-8-7-20)12-3-1-11(10-21)2-4-12;/h1-6,9H,7-8,20H2,(H,22,23);1H. The molecule has 3 rings (SSSR count). The van der Waals surface area contributed by atoms with Gasteiger partial charge >= 0.3 is 0 Å². The van der Waals surface area contributed by atoms with Gasteiger partial charge in [0.05, 0.1) is 22.7 Å². The second kappa shape index (κ2) is 7.79. The quantitative estimate of drug-likeness (QED) is 0.749. The van der Waals surface area contributed by atoms with Crippen LogP contribution in [0, 0.1) is 17.1 Å². The first kappa shape index (κ1) is 18.5. The zero-order chi connectivity index (χ0) is 17.1. The molecule has 0 saturated carbocycles. The first-order chi connectivity index (χ1) is 11.6. The zero-order valence-electron chi connectivity index (χ0n) is 13.1. The van der Waals surface area contributed by atoms with Crippen LogP contribution in [0.25, 0.3) is 22.0 Å². The maximum Gasteiger partial charge on any atom is 0.256 e. The molecular weight excluding hydrogens is 345 g/mol. The number of hydrogen-bond donors (Lipinski definition) is 2. The van der Waals surface area contributed by atoms with E-state index in [0.717, 1.165) is 0 Å². The number of benzene rings is 2. The largest absolute Gasteiger partial charge is 0.489 e. The minimum Gasteiger partial charge on any atom is -0.489 e. The maximum atomic E-state index is 13.5. The van der Waals surface area contributed by atoms with Gasteiger partial charge in [-0.3, -0.25) is 4.79 Å². The van der Waals surface area contributed by atoms with Crippen molar-refractivity contribution < 1.29 is 9.13 Å². The van der Waals surface area contributed by atoms with E-state index in [-0.39, 0.29) is 24.4 Å². The monoisotopic (exact) mass is 359 g/mol. The highest BCUT2D eigenvalue weighted by Crippen LogP contribution is 2.33. The van der Waals surface area contributed by atoms with Crippen molar-refractivity contribution in [2.45, 2.75) is 0 Å². The number of halogens is 2. The van der Waals surface area contributed by atoms with Crippen LogP contribution in [0.4, 0.5) is 4.39 Å². The number of nitrogens with one attached hydrogen (secondary N) is 1. The lowest BCUT2D eigenvalue weighted by atomic mass is 10.0. The molecule has 3 N–H and O–H groups in total. The number of ether oxygens (including phenoxy) is 1. The first-order valence-corrected chi connectivity index (χ1v) is 7.33. The van der Waals surface area contributed by atoms with Gasteiger partial charge < -0.3 is 15.5 Å². The summed E-state index contributed by atoms with van der Waals surface area (Å²) in [5, 5.41) is 9.61. The SMILES string of the molecule is Cl.N#Cc1ccc(-c2[nH]c(=O)c3cc(F)ccc3c2OCCN)cc1. The lowest BCUT2D eigenvalue weighted by molar-refractivity contribution is 0.332. The molecule has 0 saturated heterocycles. The van der Waals surface area contributed by atoms with Crippen LogP contribution >= 0.6 is 12.4 Å². The molecule has 7 heteroatoms. The Morgan fingerprint density at radius 2 is 1.88 bits per heavy atom. The van der Waals surface area contributed by atoms with Crippen molar-refractivity contribution >= 4 is 23.2 Å². The van der Waals surface area contributed by atoms with Gasteiger partial charge in [-0.05, 0) is 30.3 Å². The molecule has 25 heavy (non-hydrogen) atoms. The summed E-state index contributed by atoms with van der Waals surface area (Å²) in [5.41, 5.74) is 6.76. The Morgan fingerprint density at radius 3 is 2.52 bits per heavy atom. The lowest BCUT2D eigenvalue weighted by Crippen LogP contribution is -2.15. The fraction of sp³-hybridized carbons (Fsp3) is 0.111. The summed E-state index contributed by atoms with van der Waals surface area (Å²) in [6.45, 7) is 0.552. The molecular formula is C18H15ClFN3O2. The number of nitrogens with zero attached hydrogens (tertiary/aromatic N) is 1. The van der Waals surface area contributed by atoms with Gasteiger partial charge in [-0.2, -0.15) is 5.26 Å². The summed E-state index contributed by atoms with van der Waals surface area (Å²) in [6.07, 6.45) is 0. The van der Waals surface area contributed by atoms with E-state index in [1.54, 1.807) is 24.3 Å². The van der Waals surface area contributed by atoms with Gasteiger partial charge in [-0.1, -0.05) is 12.1 Å². The fourth-order valence-corrected chi connectivity index (χ4v) is 2.50. The fourth-order valence-electron chi connectivity index (χ4n) is 2.50. The molecule has 0 aliphatic heterocycles. The van der Waals surface area contributed by atoms with Gasteiger partial charge in [0, 0.05) is 17.5 Å². The zero-order valence-corrected chi connectivity index (χ0v) is 13.9. The molecule has 0 fully saturated rings. The minimum atomic E-state index is -0.496. The van der Waals surface area contributed by atoms with E-state index < -0.39 is 11.4 Å². The Morgan fingerprint density at radius 1 is 1.16 bits per heavy atom. The molecule has 0 aliphatic rings. The van der Waals surface area contributed by atoms with E-state index in [1.165, 1.54) is 18.2 Å². The molecule has 3 aromatic rings. The third-order valence-corrected chi connectivity index (χ3v) is 3.60. The van der Waals surface area contributed by atoms with E-state index in [0.29, 0.717) is 34.5 Å². The Bertz CT molecular complexity index is 994. The second-order valence-corrected chi connectivity index (χ2v) is 5.17. The van der Waals surface area contributed by atoms with Gasteiger partial charge in [0.25, 0.3) is 5.56 Å². The number of aromatic amines is 1. The second-order valence-electron chi connectivity index (χ2n) is 5.17. The average Bonchev–Trinajstić information content (AvgIpc) is 2.61. The number of nitrogens with two attached hydrogens (primary N) is 1. The highest BCUT2D eigenvalue weighted by Gasteiger charge is 2.15. The summed E-state index contributed by atoms with van der Waals surface area (Å²) in [4.78, 5) is 15.1. The predicted octanol–water partition coefficient (Wildman–Crippen LogP) is 2.97. The van der Waals surface area contributed by atoms with E-state index in [9.17, 15) is 9.18 Å². The van der Waals surface area contributed by atoms with Crippen molar-refractivity contribution in [3.8, 4) is 23.1 Å². The van der Waals surface area contributed by atoms with Crippen LogP contribution in [-0.2, 0) is 0 Å². The number of pyridine rings is 1. The number of fused-ring (bicyclic) bond motifs is 1. The third kappa shape index (κ3) is 3.63. The molecule has 0 aliphatic carbocycles. The highest BCUT2D eigenvalue weighted by atomic mass is 35.5. The Hall–Kier alpha value is -2.88. The number of hydrogen-bond acceptors (Lipinski definition) is 4. The van der Waals surface area contributed by atoms with Crippen LogP contribution in [-0.4, -0.2) is 18.1 Å². The third-order valence-electron chi connectivity index (χ3n) is 3.60. The van der Waals surface area contributed by atoms with E-state index >= 15 is 0 Å². The van der Waals surface area contributed by atoms with Crippen LogP contribution < -0.4 is 16.0 Å². The number of rotatable bonds is 4. The molecule has 1 aromatic heterocycles. The first-order valence-electron chi connectivity index (χ1n) is 7.33. The lowest BCUT2D eigenvalue weighted by Gasteiger charge is -2.14. The molecule has 0 amide bonds.